The standard InChI is InChI=1S/C11H13N/c12-7-6-9-4-5-10-2-1-3-11(10)8-9/h1-2,4-5,8H,3,6-7,12H2. The van der Waals surface area contributed by atoms with E-state index in [4.69, 9.17) is 5.73 Å². The third-order valence-electron chi connectivity index (χ3n) is 2.28. The Balaban J connectivity index is 2.29. The summed E-state index contributed by atoms with van der Waals surface area (Å²) >= 11 is 0. The zero-order valence-corrected chi connectivity index (χ0v) is 7.09. The van der Waals surface area contributed by atoms with Crippen LogP contribution in [0, 0.1) is 0 Å². The molecule has 0 saturated carbocycles. The lowest BCUT2D eigenvalue weighted by molar-refractivity contribution is 0.965. The van der Waals surface area contributed by atoms with Crippen LogP contribution in [0.2, 0.25) is 0 Å². The van der Waals surface area contributed by atoms with E-state index in [0.29, 0.717) is 0 Å². The summed E-state index contributed by atoms with van der Waals surface area (Å²) in [4.78, 5) is 0. The lowest BCUT2D eigenvalue weighted by Gasteiger charge is -2.02. The van der Waals surface area contributed by atoms with Gasteiger partial charge in [-0.2, -0.15) is 0 Å². The number of hydrogen-bond donors (Lipinski definition) is 1. The first-order valence-electron chi connectivity index (χ1n) is 4.38. The van der Waals surface area contributed by atoms with Crippen LogP contribution in [0.4, 0.5) is 0 Å². The topological polar surface area (TPSA) is 26.0 Å². The molecule has 1 aliphatic rings. The molecule has 1 aromatic rings. The second kappa shape index (κ2) is 3.11. The number of hydrogen-bond acceptors (Lipinski definition) is 1. The van der Waals surface area contributed by atoms with Gasteiger partial charge >= 0.3 is 0 Å². The van der Waals surface area contributed by atoms with Gasteiger partial charge in [-0.1, -0.05) is 30.4 Å². The van der Waals surface area contributed by atoms with Crippen molar-refractivity contribution >= 4 is 6.08 Å². The molecule has 1 heteroatoms. The van der Waals surface area contributed by atoms with Gasteiger partial charge in [0.15, 0.2) is 0 Å². The van der Waals surface area contributed by atoms with Crippen molar-refractivity contribution < 1.29 is 0 Å². The van der Waals surface area contributed by atoms with E-state index in [1.54, 1.807) is 0 Å². The first kappa shape index (κ1) is 7.56. The second-order valence-corrected chi connectivity index (χ2v) is 3.18. The van der Waals surface area contributed by atoms with E-state index < -0.39 is 0 Å². The Morgan fingerprint density at radius 2 is 2.25 bits per heavy atom. The van der Waals surface area contributed by atoms with Gasteiger partial charge in [0.25, 0.3) is 0 Å². The number of fused-ring (bicyclic) bond motifs is 1. The minimum absolute atomic E-state index is 0.742. The van der Waals surface area contributed by atoms with Crippen molar-refractivity contribution in [2.24, 2.45) is 5.73 Å². The van der Waals surface area contributed by atoms with Crippen molar-refractivity contribution in [3.8, 4) is 0 Å². The lowest BCUT2D eigenvalue weighted by Crippen LogP contribution is -2.02. The highest BCUT2D eigenvalue weighted by Crippen LogP contribution is 2.20. The molecule has 0 radical (unpaired) electrons. The Bertz CT molecular complexity index is 313. The summed E-state index contributed by atoms with van der Waals surface area (Å²) in [6, 6.07) is 6.62. The fraction of sp³-hybridized carbons (Fsp3) is 0.273. The molecule has 0 heterocycles. The van der Waals surface area contributed by atoms with Gasteiger partial charge in [-0.15, -0.1) is 0 Å². The van der Waals surface area contributed by atoms with Gasteiger partial charge in [0, 0.05) is 0 Å². The van der Waals surface area contributed by atoms with Crippen molar-refractivity contribution in [3.05, 3.63) is 41.0 Å². The van der Waals surface area contributed by atoms with Crippen LogP contribution in [-0.4, -0.2) is 6.54 Å². The molecule has 1 aliphatic carbocycles. The minimum atomic E-state index is 0.742. The van der Waals surface area contributed by atoms with Crippen molar-refractivity contribution in [2.45, 2.75) is 12.8 Å². The van der Waals surface area contributed by atoms with Gasteiger partial charge in [-0.25, -0.2) is 0 Å². The van der Waals surface area contributed by atoms with Crippen molar-refractivity contribution in [1.82, 2.24) is 0 Å². The van der Waals surface area contributed by atoms with Crippen molar-refractivity contribution in [2.75, 3.05) is 6.54 Å². The van der Waals surface area contributed by atoms with E-state index in [9.17, 15) is 0 Å². The summed E-state index contributed by atoms with van der Waals surface area (Å²) < 4.78 is 0. The lowest BCUT2D eigenvalue weighted by atomic mass is 10.0. The maximum absolute atomic E-state index is 5.49. The molecule has 0 bridgehead atoms. The fourth-order valence-corrected chi connectivity index (χ4v) is 1.63. The number of benzene rings is 1. The molecular weight excluding hydrogens is 146 g/mol. The summed E-state index contributed by atoms with van der Waals surface area (Å²) in [5.74, 6) is 0. The van der Waals surface area contributed by atoms with E-state index in [0.717, 1.165) is 19.4 Å². The largest absolute Gasteiger partial charge is 0.330 e. The molecule has 0 aliphatic heterocycles. The van der Waals surface area contributed by atoms with Crippen LogP contribution >= 0.6 is 0 Å². The van der Waals surface area contributed by atoms with E-state index >= 15 is 0 Å². The highest BCUT2D eigenvalue weighted by molar-refractivity contribution is 5.60. The Morgan fingerprint density at radius 3 is 3.08 bits per heavy atom. The second-order valence-electron chi connectivity index (χ2n) is 3.18. The molecule has 0 unspecified atom stereocenters. The van der Waals surface area contributed by atoms with Gasteiger partial charge < -0.3 is 5.73 Å². The van der Waals surface area contributed by atoms with Crippen LogP contribution in [-0.2, 0) is 12.8 Å². The van der Waals surface area contributed by atoms with Gasteiger partial charge in [0.1, 0.15) is 0 Å². The number of allylic oxidation sites excluding steroid dienone is 1. The van der Waals surface area contributed by atoms with Crippen LogP contribution in [0.25, 0.3) is 6.08 Å². The minimum Gasteiger partial charge on any atom is -0.330 e. The SMILES string of the molecule is NCCc1ccc2c(c1)CC=C2. The maximum Gasteiger partial charge on any atom is -0.00367 e. The first-order chi connectivity index (χ1) is 5.90. The quantitative estimate of drug-likeness (QED) is 0.699. The molecule has 0 amide bonds. The monoisotopic (exact) mass is 159 g/mol. The Hall–Kier alpha value is -1.08. The highest BCUT2D eigenvalue weighted by Gasteiger charge is 2.04. The van der Waals surface area contributed by atoms with Gasteiger partial charge in [-0.3, -0.25) is 0 Å². The predicted molar refractivity (Wildman–Crippen MR) is 51.9 cm³/mol. The van der Waals surface area contributed by atoms with Crippen LogP contribution in [0.5, 0.6) is 0 Å². The summed E-state index contributed by atoms with van der Waals surface area (Å²) in [5.41, 5.74) is 9.67. The molecule has 0 atom stereocenters. The van der Waals surface area contributed by atoms with Crippen LogP contribution in [0.1, 0.15) is 16.7 Å². The third-order valence-corrected chi connectivity index (χ3v) is 2.28. The smallest absolute Gasteiger partial charge is 0.00367 e. The Kier molecular flexibility index (Phi) is 1.96. The highest BCUT2D eigenvalue weighted by atomic mass is 14.5. The summed E-state index contributed by atoms with van der Waals surface area (Å²) in [7, 11) is 0. The average molecular weight is 159 g/mol. The Labute approximate surface area is 72.9 Å². The first-order valence-corrected chi connectivity index (χ1v) is 4.38. The molecule has 1 aromatic carbocycles. The van der Waals surface area contributed by atoms with E-state index in [1.807, 2.05) is 0 Å². The molecule has 0 fully saturated rings. The summed E-state index contributed by atoms with van der Waals surface area (Å²) in [6.07, 6.45) is 6.47. The predicted octanol–water partition coefficient (Wildman–Crippen LogP) is 1.76. The van der Waals surface area contributed by atoms with Crippen LogP contribution < -0.4 is 5.73 Å². The average Bonchev–Trinajstić information content (AvgIpc) is 2.51. The molecule has 0 aromatic heterocycles. The van der Waals surface area contributed by atoms with E-state index in [2.05, 4.69) is 30.4 Å². The molecule has 2 N–H and O–H groups in total. The van der Waals surface area contributed by atoms with Crippen LogP contribution in [0.3, 0.4) is 0 Å². The Morgan fingerprint density at radius 1 is 1.33 bits per heavy atom. The van der Waals surface area contributed by atoms with Crippen molar-refractivity contribution in [3.63, 3.8) is 0 Å². The van der Waals surface area contributed by atoms with Gasteiger partial charge in [0.2, 0.25) is 0 Å². The van der Waals surface area contributed by atoms with Crippen molar-refractivity contribution in [1.29, 1.82) is 0 Å². The molecule has 0 spiro atoms. The normalized spacial score (nSPS) is 13.4. The molecule has 0 saturated heterocycles. The molecule has 12 heavy (non-hydrogen) atoms. The zero-order chi connectivity index (χ0) is 8.39. The van der Waals surface area contributed by atoms with Gasteiger partial charge in [0.05, 0.1) is 0 Å². The molecular formula is C11H13N. The van der Waals surface area contributed by atoms with Crippen LogP contribution in [0.15, 0.2) is 24.3 Å². The maximum atomic E-state index is 5.49. The molecule has 1 nitrogen and oxygen atoms in total. The van der Waals surface area contributed by atoms with Gasteiger partial charge in [-0.05, 0) is 36.1 Å². The summed E-state index contributed by atoms with van der Waals surface area (Å²) in [6.45, 7) is 0.742. The van der Waals surface area contributed by atoms with E-state index in [1.165, 1.54) is 16.7 Å². The number of nitrogens with two attached hydrogens (primary N) is 1. The fourth-order valence-electron chi connectivity index (χ4n) is 1.63. The van der Waals surface area contributed by atoms with E-state index in [-0.39, 0.29) is 0 Å². The zero-order valence-electron chi connectivity index (χ0n) is 7.09. The number of rotatable bonds is 2. The molecule has 62 valence electrons. The summed E-state index contributed by atoms with van der Waals surface area (Å²) in [5, 5.41) is 0. The molecule has 2 rings (SSSR count). The third kappa shape index (κ3) is 1.28.